The number of rotatable bonds is 13. The summed E-state index contributed by atoms with van der Waals surface area (Å²) < 4.78 is 0. The van der Waals surface area contributed by atoms with Crippen LogP contribution in [-0.4, -0.2) is 39.9 Å². The van der Waals surface area contributed by atoms with Crippen molar-refractivity contribution >= 4 is 32.6 Å². The molecule has 3 aliphatic carbocycles. The zero-order valence-electron chi connectivity index (χ0n) is 83.3. The van der Waals surface area contributed by atoms with Crippen molar-refractivity contribution in [3.05, 3.63) is 482 Å². The summed E-state index contributed by atoms with van der Waals surface area (Å²) in [5.41, 5.74) is 39.6. The Balaban J connectivity index is 0.000000121. The molecule has 144 heavy (non-hydrogen) atoms. The average Bonchev–Trinajstić information content (AvgIpc) is 0.713. The molecular formula is C136H110N8. The Hall–Kier alpha value is -16.9. The van der Waals surface area contributed by atoms with E-state index in [0.717, 1.165) is 83.1 Å². The molecule has 0 radical (unpaired) electrons. The first-order chi connectivity index (χ1) is 69.9. The minimum absolute atomic E-state index is 0.0534. The van der Waals surface area contributed by atoms with E-state index in [-0.39, 0.29) is 32.5 Å². The summed E-state index contributed by atoms with van der Waals surface area (Å²) in [6.07, 6.45) is 0. The summed E-state index contributed by atoms with van der Waals surface area (Å²) in [6, 6.07) is 160. The first-order valence-electron chi connectivity index (χ1n) is 50.1. The second-order valence-electron chi connectivity index (χ2n) is 41.6. The Morgan fingerprint density at radius 2 is 0.396 bits per heavy atom. The van der Waals surface area contributed by atoms with Gasteiger partial charge in [0.25, 0.3) is 0 Å². The highest BCUT2D eigenvalue weighted by Gasteiger charge is 2.50. The van der Waals surface area contributed by atoms with Crippen LogP contribution < -0.4 is 0 Å². The molecule has 694 valence electrons. The van der Waals surface area contributed by atoms with Gasteiger partial charge in [-0.05, 0) is 219 Å². The molecule has 0 N–H and O–H groups in total. The van der Waals surface area contributed by atoms with Crippen molar-refractivity contribution in [2.45, 2.75) is 116 Å². The Kier molecular flexibility index (Phi) is 22.9. The maximum atomic E-state index is 5.18. The lowest BCUT2D eigenvalue weighted by Crippen LogP contribution is -2.43. The van der Waals surface area contributed by atoms with Crippen LogP contribution in [0.2, 0.25) is 0 Å². The third-order valence-electron chi connectivity index (χ3n) is 32.3. The molecule has 0 saturated heterocycles. The third kappa shape index (κ3) is 15.9. The lowest BCUT2D eigenvalue weighted by molar-refractivity contribution is 0.299. The van der Waals surface area contributed by atoms with E-state index in [1.165, 1.54) is 128 Å². The molecule has 0 fully saturated rings. The highest BCUT2D eigenvalue weighted by molar-refractivity contribution is 6.07. The molecule has 8 nitrogen and oxygen atoms in total. The second-order valence-corrected chi connectivity index (χ2v) is 41.6. The van der Waals surface area contributed by atoms with Gasteiger partial charge in [-0.3, -0.25) is 0 Å². The lowest BCUT2D eigenvalue weighted by atomic mass is 9.54. The predicted octanol–water partition coefficient (Wildman–Crippen LogP) is 35.1. The first kappa shape index (κ1) is 90.9. The fourth-order valence-corrected chi connectivity index (χ4v) is 22.2. The van der Waals surface area contributed by atoms with Gasteiger partial charge in [-0.2, -0.15) is 0 Å². The minimum atomic E-state index is -0.122. The van der Waals surface area contributed by atoms with Crippen LogP contribution >= 0.6 is 0 Å². The van der Waals surface area contributed by atoms with E-state index in [2.05, 4.69) is 429 Å². The summed E-state index contributed by atoms with van der Waals surface area (Å²) in [7, 11) is 0. The summed E-state index contributed by atoms with van der Waals surface area (Å²) in [6.45, 7) is 28.8. The van der Waals surface area contributed by atoms with E-state index in [0.29, 0.717) is 34.9 Å². The molecule has 22 aromatic rings. The van der Waals surface area contributed by atoms with Crippen molar-refractivity contribution in [3.63, 3.8) is 0 Å². The molecule has 8 heteroatoms. The molecule has 3 aliphatic rings. The molecule has 19 aromatic carbocycles. The molecule has 0 saturated carbocycles. The third-order valence-corrected chi connectivity index (χ3v) is 32.3. The number of hydrogen-bond acceptors (Lipinski definition) is 8. The van der Waals surface area contributed by atoms with E-state index in [4.69, 9.17) is 39.9 Å². The summed E-state index contributed by atoms with van der Waals surface area (Å²) in [4.78, 5) is 40.5. The van der Waals surface area contributed by atoms with Crippen LogP contribution in [0.4, 0.5) is 0 Å². The fraction of sp³-hybridized carbons (Fsp3) is 0.132. The van der Waals surface area contributed by atoms with E-state index in [9.17, 15) is 0 Å². The number of aromatic nitrogens is 8. The predicted molar refractivity (Wildman–Crippen MR) is 599 cm³/mol. The smallest absolute Gasteiger partial charge is 0.164 e. The number of fused-ring (bicyclic) bond motifs is 12. The van der Waals surface area contributed by atoms with Gasteiger partial charge in [-0.15, -0.1) is 0 Å². The Labute approximate surface area is 844 Å². The van der Waals surface area contributed by atoms with E-state index in [1.54, 1.807) is 0 Å². The highest BCUT2D eigenvalue weighted by Crippen LogP contribution is 2.60. The lowest BCUT2D eigenvalue weighted by Gasteiger charge is -2.49. The standard InChI is InChI=1S/2C49H39N3.C38H32N2/c1-48(2)42-28-16-24-37(32-17-8-5-9-18-32)44(42)41-30-29-35(31-43(41)49(48,3)4)36-23-14-26-39-38(36)25-15-27-40(39)47-51-45(33-19-10-6-11-20-33)50-46(52-47)34-21-12-7-13-22-34;1-48(2)43-28-26-35(32-16-8-5-9-17-32)30-41(43)42-31-36(27-29-44(42)49(48,3)4)37-22-14-24-39-38(37)23-15-25-40(39)47-51-45(33-18-10-6-11-19-33)50-46(52-47)34-20-12-7-13-21-34;1-37(2)31-23-27(25-13-7-5-8-14-25)19-21-29(31)30-22-20-28(24-32(30)38(37,3)4)36-35(26-15-9-6-10-16-26)39-33-17-11-12-18-34(33)40-36/h2*5-31H,1-4H3;5-24H,1-4H3. The summed E-state index contributed by atoms with van der Waals surface area (Å²) in [5, 5.41) is 4.55. The quantitative estimate of drug-likeness (QED) is 0.112. The van der Waals surface area contributed by atoms with Gasteiger partial charge in [0.1, 0.15) is 0 Å². The maximum absolute atomic E-state index is 5.18. The number of benzene rings is 19. The zero-order chi connectivity index (χ0) is 98.4. The van der Waals surface area contributed by atoms with E-state index >= 15 is 0 Å². The largest absolute Gasteiger partial charge is 0.244 e. The molecule has 0 amide bonds. The molecule has 3 aromatic heterocycles. The van der Waals surface area contributed by atoms with Gasteiger partial charge < -0.3 is 0 Å². The van der Waals surface area contributed by atoms with Gasteiger partial charge in [-0.25, -0.2) is 39.9 Å². The van der Waals surface area contributed by atoms with Crippen molar-refractivity contribution in [3.8, 4) is 180 Å². The highest BCUT2D eigenvalue weighted by atomic mass is 15.0. The fourth-order valence-electron chi connectivity index (χ4n) is 22.2. The molecular weight excluding hydrogens is 1750 g/mol. The molecule has 0 atom stereocenters. The van der Waals surface area contributed by atoms with Crippen LogP contribution in [0.3, 0.4) is 0 Å². The van der Waals surface area contributed by atoms with Gasteiger partial charge in [0.05, 0.1) is 22.4 Å². The van der Waals surface area contributed by atoms with E-state index < -0.39 is 0 Å². The Morgan fingerprint density at radius 3 is 0.819 bits per heavy atom. The summed E-state index contributed by atoms with van der Waals surface area (Å²) >= 11 is 0. The van der Waals surface area contributed by atoms with Crippen LogP contribution in [-0.2, 0) is 32.5 Å². The Bertz CT molecular complexity index is 8580. The topological polar surface area (TPSA) is 103 Å². The Morgan fingerprint density at radius 1 is 0.132 bits per heavy atom. The molecule has 0 unspecified atom stereocenters. The molecule has 0 spiro atoms. The monoisotopic (exact) mass is 1850 g/mol. The molecule has 0 bridgehead atoms. The number of para-hydroxylation sites is 2. The SMILES string of the molecule is CC1(C)c2cc(-c3cccc4c(-c5nc(-c6ccccc6)nc(-c6ccccc6)n5)cccc34)ccc2-c2c(-c3ccccc3)cccc2C1(C)C.CC1(C)c2cc(-c3ccccc3)ccc2-c2ccc(-c3nc4ccccc4nc3-c3ccccc3)cc2C1(C)C.CC1(C)c2ccc(-c3ccccc3)cc2-c2cc(-c3cccc4c(-c5nc(-c6ccccc6)nc(-c6ccccc6)n5)cccc34)ccc2C1(C)C. The molecule has 25 rings (SSSR count). The number of nitrogens with zero attached hydrogens (tertiary/aromatic N) is 8. The average molecular weight is 1860 g/mol. The van der Waals surface area contributed by atoms with Crippen molar-refractivity contribution < 1.29 is 0 Å². The summed E-state index contributed by atoms with van der Waals surface area (Å²) in [5.74, 6) is 3.96. The molecule has 3 heterocycles. The van der Waals surface area contributed by atoms with Gasteiger partial charge in [0.2, 0.25) is 0 Å². The van der Waals surface area contributed by atoms with Gasteiger partial charge >= 0.3 is 0 Å². The second kappa shape index (κ2) is 36.3. The van der Waals surface area contributed by atoms with Crippen molar-refractivity contribution in [1.82, 2.24) is 39.9 Å². The van der Waals surface area contributed by atoms with Gasteiger partial charge in [0.15, 0.2) is 34.9 Å². The molecule has 0 aliphatic heterocycles. The first-order valence-corrected chi connectivity index (χ1v) is 50.1. The van der Waals surface area contributed by atoms with Crippen molar-refractivity contribution in [2.75, 3.05) is 0 Å². The van der Waals surface area contributed by atoms with Crippen LogP contribution in [0.25, 0.3) is 212 Å². The van der Waals surface area contributed by atoms with Crippen molar-refractivity contribution in [1.29, 1.82) is 0 Å². The van der Waals surface area contributed by atoms with Gasteiger partial charge in [0, 0.05) is 44.5 Å². The minimum Gasteiger partial charge on any atom is -0.244 e. The van der Waals surface area contributed by atoms with Crippen LogP contribution in [0.5, 0.6) is 0 Å². The van der Waals surface area contributed by atoms with Crippen LogP contribution in [0.15, 0.2) is 449 Å². The van der Waals surface area contributed by atoms with Crippen molar-refractivity contribution in [2.24, 2.45) is 0 Å². The van der Waals surface area contributed by atoms with Gasteiger partial charge in [-0.1, -0.05) is 490 Å². The normalized spacial score (nSPS) is 14.3. The van der Waals surface area contributed by atoms with E-state index in [1.807, 2.05) is 103 Å². The number of hydrogen-bond donors (Lipinski definition) is 0. The van der Waals surface area contributed by atoms with Crippen LogP contribution in [0, 0.1) is 0 Å². The maximum Gasteiger partial charge on any atom is 0.164 e. The zero-order valence-corrected chi connectivity index (χ0v) is 83.3. The van der Waals surface area contributed by atoms with Crippen LogP contribution in [0.1, 0.15) is 116 Å².